The highest BCUT2D eigenvalue weighted by Crippen LogP contribution is 2.16. The molecule has 1 rings (SSSR count). The molecule has 0 heterocycles. The first-order chi connectivity index (χ1) is 8.45. The molecular weight excluding hydrogens is 232 g/mol. The molecule has 1 aromatic carbocycles. The molecule has 0 aliphatic heterocycles. The average molecular weight is 250 g/mol. The van der Waals surface area contributed by atoms with Crippen molar-refractivity contribution in [2.45, 2.75) is 26.8 Å². The second-order valence-electron chi connectivity index (χ2n) is 4.01. The van der Waals surface area contributed by atoms with Crippen molar-refractivity contribution in [2.75, 3.05) is 11.9 Å². The van der Waals surface area contributed by atoms with Gasteiger partial charge in [-0.3, -0.25) is 4.79 Å². The lowest BCUT2D eigenvalue weighted by Gasteiger charge is -2.15. The highest BCUT2D eigenvalue weighted by atomic mass is 16.5. The molecule has 1 atom stereocenters. The third kappa shape index (κ3) is 3.48. The van der Waals surface area contributed by atoms with Crippen molar-refractivity contribution in [2.24, 2.45) is 5.73 Å². The molecule has 0 unspecified atom stereocenters. The van der Waals surface area contributed by atoms with Crippen molar-refractivity contribution >= 4 is 17.6 Å². The van der Waals surface area contributed by atoms with Crippen LogP contribution < -0.4 is 11.1 Å². The van der Waals surface area contributed by atoms with Crippen molar-refractivity contribution < 1.29 is 14.3 Å². The number of carbonyl (C=O) groups excluding carboxylic acids is 2. The zero-order valence-electron chi connectivity index (χ0n) is 10.8. The van der Waals surface area contributed by atoms with Crippen LogP contribution in [0.5, 0.6) is 0 Å². The molecule has 0 spiro atoms. The number of hydrogen-bond donors (Lipinski definition) is 2. The number of hydrogen-bond acceptors (Lipinski definition) is 4. The molecule has 18 heavy (non-hydrogen) atoms. The minimum Gasteiger partial charge on any atom is -0.464 e. The van der Waals surface area contributed by atoms with Gasteiger partial charge in [-0.15, -0.1) is 0 Å². The van der Waals surface area contributed by atoms with Crippen LogP contribution in [0.1, 0.15) is 29.8 Å². The summed E-state index contributed by atoms with van der Waals surface area (Å²) in [6.45, 7) is 5.59. The Balaban J connectivity index is 2.82. The van der Waals surface area contributed by atoms with Gasteiger partial charge in [0.2, 0.25) is 5.91 Å². The lowest BCUT2D eigenvalue weighted by molar-refractivity contribution is -0.143. The average Bonchev–Trinajstić information content (AvgIpc) is 2.31. The molecule has 0 saturated carbocycles. The molecule has 0 aliphatic rings. The normalized spacial score (nSPS) is 11.7. The molecule has 0 aliphatic carbocycles. The summed E-state index contributed by atoms with van der Waals surface area (Å²) in [7, 11) is 0. The molecule has 0 radical (unpaired) electrons. The Kier molecular flexibility index (Phi) is 4.71. The molecule has 98 valence electrons. The Morgan fingerprint density at radius 3 is 2.67 bits per heavy atom. The first-order valence-electron chi connectivity index (χ1n) is 5.79. The summed E-state index contributed by atoms with van der Waals surface area (Å²) in [6, 6.07) is 4.72. The smallest absolute Gasteiger partial charge is 0.328 e. The van der Waals surface area contributed by atoms with Gasteiger partial charge in [0.1, 0.15) is 6.04 Å². The first kappa shape index (κ1) is 14.0. The highest BCUT2D eigenvalue weighted by Gasteiger charge is 2.14. The maximum absolute atomic E-state index is 11.5. The van der Waals surface area contributed by atoms with Crippen molar-refractivity contribution in [3.05, 3.63) is 29.3 Å². The number of aryl methyl sites for hydroxylation is 1. The van der Waals surface area contributed by atoms with Gasteiger partial charge >= 0.3 is 5.97 Å². The molecule has 0 saturated heterocycles. The maximum Gasteiger partial charge on any atom is 0.328 e. The number of benzene rings is 1. The van der Waals surface area contributed by atoms with E-state index in [0.29, 0.717) is 17.9 Å². The fourth-order valence-corrected chi connectivity index (χ4v) is 1.55. The van der Waals surface area contributed by atoms with Crippen molar-refractivity contribution in [1.29, 1.82) is 0 Å². The van der Waals surface area contributed by atoms with Crippen LogP contribution in [0, 0.1) is 6.92 Å². The minimum absolute atomic E-state index is 0.335. The fourth-order valence-electron chi connectivity index (χ4n) is 1.55. The molecule has 0 fully saturated rings. The monoisotopic (exact) mass is 250 g/mol. The van der Waals surface area contributed by atoms with Crippen LogP contribution >= 0.6 is 0 Å². The van der Waals surface area contributed by atoms with Crippen LogP contribution in [0.15, 0.2) is 18.2 Å². The van der Waals surface area contributed by atoms with Gasteiger partial charge in [-0.05, 0) is 38.5 Å². The predicted octanol–water partition coefficient (Wildman–Crippen LogP) is 1.46. The molecule has 5 nitrogen and oxygen atoms in total. The summed E-state index contributed by atoms with van der Waals surface area (Å²) in [5, 5.41) is 2.97. The van der Waals surface area contributed by atoms with E-state index in [9.17, 15) is 9.59 Å². The van der Waals surface area contributed by atoms with Gasteiger partial charge in [0.05, 0.1) is 6.61 Å². The topological polar surface area (TPSA) is 81.4 Å². The molecule has 1 amide bonds. The van der Waals surface area contributed by atoms with Crippen LogP contribution in [-0.4, -0.2) is 24.5 Å². The zero-order chi connectivity index (χ0) is 13.7. The van der Waals surface area contributed by atoms with Crippen LogP contribution in [0.4, 0.5) is 5.69 Å². The van der Waals surface area contributed by atoms with Crippen LogP contribution in [-0.2, 0) is 9.53 Å². The van der Waals surface area contributed by atoms with Crippen molar-refractivity contribution in [1.82, 2.24) is 0 Å². The predicted molar refractivity (Wildman–Crippen MR) is 69.4 cm³/mol. The lowest BCUT2D eigenvalue weighted by Crippen LogP contribution is -2.28. The molecule has 3 N–H and O–H groups in total. The van der Waals surface area contributed by atoms with Gasteiger partial charge in [-0.1, -0.05) is 6.07 Å². The van der Waals surface area contributed by atoms with E-state index in [2.05, 4.69) is 5.32 Å². The number of nitrogens with one attached hydrogen (secondary N) is 1. The van der Waals surface area contributed by atoms with E-state index in [-0.39, 0.29) is 5.97 Å². The van der Waals surface area contributed by atoms with Crippen LogP contribution in [0.2, 0.25) is 0 Å². The van der Waals surface area contributed by atoms with E-state index in [1.165, 1.54) is 0 Å². The fraction of sp³-hybridized carbons (Fsp3) is 0.385. The number of amides is 1. The summed E-state index contributed by atoms with van der Waals surface area (Å²) in [6.07, 6.45) is 0. The Morgan fingerprint density at radius 1 is 1.44 bits per heavy atom. The largest absolute Gasteiger partial charge is 0.464 e. The number of anilines is 1. The van der Waals surface area contributed by atoms with Gasteiger partial charge in [0, 0.05) is 11.3 Å². The molecule has 5 heteroatoms. The summed E-state index contributed by atoms with van der Waals surface area (Å²) >= 11 is 0. The zero-order valence-corrected chi connectivity index (χ0v) is 10.8. The van der Waals surface area contributed by atoms with Crippen molar-refractivity contribution in [3.8, 4) is 0 Å². The molecular formula is C13H18N2O3. The second-order valence-corrected chi connectivity index (χ2v) is 4.01. The van der Waals surface area contributed by atoms with Gasteiger partial charge in [-0.2, -0.15) is 0 Å². The minimum atomic E-state index is -0.486. The summed E-state index contributed by atoms with van der Waals surface area (Å²) in [5.41, 5.74) is 7.17. The van der Waals surface area contributed by atoms with Crippen LogP contribution in [0.25, 0.3) is 0 Å². The Morgan fingerprint density at radius 2 is 2.11 bits per heavy atom. The summed E-state index contributed by atoms with van der Waals surface area (Å²) in [4.78, 5) is 22.7. The SMILES string of the molecule is CCOC(=O)[C@@H](C)Nc1ccc(C)c(C(N)=O)c1. The van der Waals surface area contributed by atoms with E-state index in [1.807, 2.05) is 0 Å². The van der Waals surface area contributed by atoms with Gasteiger partial charge in [0.25, 0.3) is 0 Å². The Labute approximate surface area is 106 Å². The first-order valence-corrected chi connectivity index (χ1v) is 5.79. The van der Waals surface area contributed by atoms with Crippen LogP contribution in [0.3, 0.4) is 0 Å². The second kappa shape index (κ2) is 6.05. The van der Waals surface area contributed by atoms with E-state index >= 15 is 0 Å². The van der Waals surface area contributed by atoms with Gasteiger partial charge in [0.15, 0.2) is 0 Å². The summed E-state index contributed by atoms with van der Waals surface area (Å²) < 4.78 is 4.88. The Bertz CT molecular complexity index is 458. The number of ether oxygens (including phenoxy) is 1. The maximum atomic E-state index is 11.5. The molecule has 0 aromatic heterocycles. The van der Waals surface area contributed by atoms with E-state index in [4.69, 9.17) is 10.5 Å². The van der Waals surface area contributed by atoms with Gasteiger partial charge in [-0.25, -0.2) is 4.79 Å². The van der Waals surface area contributed by atoms with E-state index in [1.54, 1.807) is 39.0 Å². The molecule has 0 bridgehead atoms. The van der Waals surface area contributed by atoms with Gasteiger partial charge < -0.3 is 15.8 Å². The number of carbonyl (C=O) groups is 2. The van der Waals surface area contributed by atoms with E-state index < -0.39 is 11.9 Å². The highest BCUT2D eigenvalue weighted by molar-refractivity contribution is 5.95. The number of rotatable bonds is 5. The molecule has 1 aromatic rings. The van der Waals surface area contributed by atoms with Crippen molar-refractivity contribution in [3.63, 3.8) is 0 Å². The number of primary amides is 1. The Hall–Kier alpha value is -2.04. The number of esters is 1. The third-order valence-electron chi connectivity index (χ3n) is 2.53. The third-order valence-corrected chi connectivity index (χ3v) is 2.53. The number of nitrogens with two attached hydrogens (primary N) is 1. The standard InChI is InChI=1S/C13H18N2O3/c1-4-18-13(17)9(3)15-10-6-5-8(2)11(7-10)12(14)16/h5-7,9,15H,4H2,1-3H3,(H2,14,16)/t9-/m1/s1. The summed E-state index contributed by atoms with van der Waals surface area (Å²) in [5.74, 6) is -0.821. The lowest BCUT2D eigenvalue weighted by atomic mass is 10.1. The van der Waals surface area contributed by atoms with E-state index in [0.717, 1.165) is 5.56 Å². The quantitative estimate of drug-likeness (QED) is 0.775.